The molecule has 0 spiro atoms. The third-order valence-electron chi connectivity index (χ3n) is 7.81. The second kappa shape index (κ2) is 5.34. The lowest BCUT2D eigenvalue weighted by atomic mass is 9.83. The Kier molecular flexibility index (Phi) is 3.11. The molecule has 0 amide bonds. The molecule has 4 heteroatoms. The standard InChI is InChI=1S/C24H20O2S2/c25-21-15-11-14(15)19(22(21)27-12-7-3-1-4-8-12)24(28-13-9-5-2-6-10-13)20-16-17(20)18(16)23(24)26/h1-10,14-20,22H,11H2/t14-,15+,16-,17?,18?,19+,20?,22-,24+/m0/s1. The number of hydrogen-bond acceptors (Lipinski definition) is 4. The number of carbonyl (C=O) groups is 2. The van der Waals surface area contributed by atoms with Crippen LogP contribution in [0.2, 0.25) is 0 Å². The van der Waals surface area contributed by atoms with Gasteiger partial charge >= 0.3 is 0 Å². The number of rotatable bonds is 5. The number of carbonyl (C=O) groups excluding carboxylic acids is 2. The fourth-order valence-corrected chi connectivity index (χ4v) is 9.86. The van der Waals surface area contributed by atoms with Crippen molar-refractivity contribution in [2.24, 2.45) is 41.4 Å². The maximum atomic E-state index is 13.6. The Morgan fingerprint density at radius 2 is 1.46 bits per heavy atom. The van der Waals surface area contributed by atoms with E-state index in [0.29, 0.717) is 41.2 Å². The summed E-state index contributed by atoms with van der Waals surface area (Å²) >= 11 is 3.52. The molecule has 6 aliphatic rings. The first kappa shape index (κ1) is 16.3. The van der Waals surface area contributed by atoms with Gasteiger partial charge in [0.25, 0.3) is 0 Å². The molecule has 0 radical (unpaired) electrons. The van der Waals surface area contributed by atoms with E-state index < -0.39 is 0 Å². The van der Waals surface area contributed by atoms with Crippen LogP contribution in [-0.2, 0) is 9.59 Å². The predicted octanol–water partition coefficient (Wildman–Crippen LogP) is 4.59. The van der Waals surface area contributed by atoms with Crippen molar-refractivity contribution in [3.63, 3.8) is 0 Å². The van der Waals surface area contributed by atoms with Gasteiger partial charge in [0, 0.05) is 27.5 Å². The first-order valence-electron chi connectivity index (χ1n) is 10.3. The van der Waals surface area contributed by atoms with Gasteiger partial charge in [-0.2, -0.15) is 0 Å². The Labute approximate surface area is 172 Å². The highest BCUT2D eigenvalue weighted by Crippen LogP contribution is 2.88. The van der Waals surface area contributed by atoms with Crippen molar-refractivity contribution in [1.29, 1.82) is 0 Å². The molecule has 0 saturated heterocycles. The van der Waals surface area contributed by atoms with Crippen LogP contribution in [0.25, 0.3) is 0 Å². The van der Waals surface area contributed by atoms with Crippen molar-refractivity contribution >= 4 is 35.1 Å². The maximum Gasteiger partial charge on any atom is 0.153 e. The number of ketones is 2. The minimum Gasteiger partial charge on any atom is -0.298 e. The second-order valence-electron chi connectivity index (χ2n) is 9.06. The average molecular weight is 405 g/mol. The Hall–Kier alpha value is -1.52. The molecule has 2 bridgehead atoms. The van der Waals surface area contributed by atoms with Gasteiger partial charge in [-0.05, 0) is 54.4 Å². The number of fused-ring (bicyclic) bond motifs is 2. The highest BCUT2D eigenvalue weighted by atomic mass is 32.2. The Bertz CT molecular complexity index is 996. The zero-order chi connectivity index (χ0) is 18.6. The van der Waals surface area contributed by atoms with Gasteiger partial charge < -0.3 is 0 Å². The second-order valence-corrected chi connectivity index (χ2v) is 11.6. The Morgan fingerprint density at radius 3 is 2.07 bits per heavy atom. The van der Waals surface area contributed by atoms with Gasteiger partial charge in [0.15, 0.2) is 5.78 Å². The quantitative estimate of drug-likeness (QED) is 0.730. The SMILES string of the molecule is O=C1[C@@H](Sc2ccccc2)[C@H]([C@]2(Sc3ccccc3)C(=O)C3C4C2[C@H]34)[C@H]2C[C@@H]12. The topological polar surface area (TPSA) is 34.1 Å². The number of thioether (sulfide) groups is 2. The summed E-state index contributed by atoms with van der Waals surface area (Å²) in [5.41, 5.74) is 0. The highest BCUT2D eigenvalue weighted by molar-refractivity contribution is 8.02. The van der Waals surface area contributed by atoms with Gasteiger partial charge in [-0.25, -0.2) is 0 Å². The summed E-state index contributed by atoms with van der Waals surface area (Å²) in [4.78, 5) is 29.1. The van der Waals surface area contributed by atoms with Crippen LogP contribution in [-0.4, -0.2) is 21.6 Å². The van der Waals surface area contributed by atoms with Gasteiger partial charge in [0.1, 0.15) is 5.78 Å². The molecule has 0 aromatic heterocycles. The fraction of sp³-hybridized carbons (Fsp3) is 0.417. The summed E-state index contributed by atoms with van der Waals surface area (Å²) in [7, 11) is 0. The van der Waals surface area contributed by atoms with Gasteiger partial charge in [-0.1, -0.05) is 36.4 Å². The zero-order valence-electron chi connectivity index (χ0n) is 15.2. The molecule has 9 atom stereocenters. The lowest BCUT2D eigenvalue weighted by molar-refractivity contribution is -0.121. The van der Waals surface area contributed by atoms with Gasteiger partial charge in [-0.15, -0.1) is 23.5 Å². The van der Waals surface area contributed by atoms with E-state index in [2.05, 4.69) is 36.4 Å². The van der Waals surface area contributed by atoms with Crippen LogP contribution in [0, 0.1) is 41.4 Å². The van der Waals surface area contributed by atoms with E-state index in [1.807, 2.05) is 24.3 Å². The highest BCUT2D eigenvalue weighted by Gasteiger charge is 2.92. The normalized spacial score (nSPS) is 46.3. The Balaban J connectivity index is 1.31. The van der Waals surface area contributed by atoms with E-state index in [9.17, 15) is 9.59 Å². The molecular formula is C24H20O2S2. The van der Waals surface area contributed by atoms with Crippen LogP contribution in [0.15, 0.2) is 70.5 Å². The molecule has 0 aliphatic heterocycles. The molecule has 28 heavy (non-hydrogen) atoms. The van der Waals surface area contributed by atoms with E-state index in [1.165, 1.54) is 4.90 Å². The van der Waals surface area contributed by atoms with Crippen LogP contribution in [0.5, 0.6) is 0 Å². The van der Waals surface area contributed by atoms with Crippen LogP contribution in [0.4, 0.5) is 0 Å². The van der Waals surface area contributed by atoms with E-state index >= 15 is 0 Å². The zero-order valence-corrected chi connectivity index (χ0v) is 16.9. The summed E-state index contributed by atoms with van der Waals surface area (Å²) in [6, 6.07) is 20.7. The van der Waals surface area contributed by atoms with Crippen molar-refractivity contribution in [2.45, 2.75) is 26.2 Å². The third kappa shape index (κ3) is 1.94. The monoisotopic (exact) mass is 404 g/mol. The smallest absolute Gasteiger partial charge is 0.153 e. The van der Waals surface area contributed by atoms with Crippen molar-refractivity contribution < 1.29 is 9.59 Å². The molecule has 6 aliphatic carbocycles. The number of hydrogen-bond donors (Lipinski definition) is 0. The Morgan fingerprint density at radius 1 is 0.821 bits per heavy atom. The average Bonchev–Trinajstić information content (AvgIpc) is 3.63. The third-order valence-corrected chi connectivity index (χ3v) is 10.7. The molecule has 3 unspecified atom stereocenters. The molecule has 2 aromatic rings. The van der Waals surface area contributed by atoms with E-state index in [0.717, 1.165) is 11.3 Å². The summed E-state index contributed by atoms with van der Waals surface area (Å²) < 4.78 is -0.362. The van der Waals surface area contributed by atoms with Gasteiger partial charge in [0.05, 0.1) is 10.00 Å². The summed E-state index contributed by atoms with van der Waals surface area (Å²) in [6.07, 6.45) is 1.01. The van der Waals surface area contributed by atoms with Gasteiger partial charge in [-0.3, -0.25) is 9.59 Å². The summed E-state index contributed by atoms with van der Waals surface area (Å²) in [5, 5.41) is -0.0648. The molecule has 0 N–H and O–H groups in total. The molecule has 0 heterocycles. The first-order chi connectivity index (χ1) is 13.7. The fourth-order valence-electron chi connectivity index (χ4n) is 6.49. The minimum absolute atomic E-state index is 0.0648. The molecule has 8 rings (SSSR count). The minimum atomic E-state index is -0.362. The molecule has 2 aromatic carbocycles. The van der Waals surface area contributed by atoms with Crippen LogP contribution in [0.3, 0.4) is 0 Å². The molecule has 6 saturated carbocycles. The van der Waals surface area contributed by atoms with Crippen molar-refractivity contribution in [3.05, 3.63) is 60.7 Å². The molecule has 140 valence electrons. The van der Waals surface area contributed by atoms with Crippen LogP contribution >= 0.6 is 23.5 Å². The van der Waals surface area contributed by atoms with E-state index in [1.54, 1.807) is 23.5 Å². The van der Waals surface area contributed by atoms with E-state index in [4.69, 9.17) is 0 Å². The number of Topliss-reactive ketones (excluding diaryl/α,β-unsaturated/α-hetero) is 2. The number of benzene rings is 2. The summed E-state index contributed by atoms with van der Waals surface area (Å²) in [6.45, 7) is 0. The molecule has 2 nitrogen and oxygen atoms in total. The largest absolute Gasteiger partial charge is 0.298 e. The summed E-state index contributed by atoms with van der Waals surface area (Å²) in [5.74, 6) is 3.82. The maximum absolute atomic E-state index is 13.6. The lowest BCUT2D eigenvalue weighted by Gasteiger charge is -2.38. The lowest BCUT2D eigenvalue weighted by Crippen LogP contribution is -2.46. The van der Waals surface area contributed by atoms with Gasteiger partial charge in [0.2, 0.25) is 0 Å². The predicted molar refractivity (Wildman–Crippen MR) is 110 cm³/mol. The van der Waals surface area contributed by atoms with Crippen LogP contribution in [0.1, 0.15) is 6.42 Å². The van der Waals surface area contributed by atoms with Crippen molar-refractivity contribution in [3.8, 4) is 0 Å². The van der Waals surface area contributed by atoms with Crippen molar-refractivity contribution in [2.75, 3.05) is 0 Å². The van der Waals surface area contributed by atoms with Crippen molar-refractivity contribution in [1.82, 2.24) is 0 Å². The van der Waals surface area contributed by atoms with Crippen LogP contribution < -0.4 is 0 Å². The molecule has 6 fully saturated rings. The molecular weight excluding hydrogens is 384 g/mol. The van der Waals surface area contributed by atoms with E-state index in [-0.39, 0.29) is 21.8 Å². The first-order valence-corrected chi connectivity index (χ1v) is 12.0.